The van der Waals surface area contributed by atoms with Crippen LogP contribution in [0.1, 0.15) is 99.3 Å². The minimum absolute atomic E-state index is 0.109. The maximum absolute atomic E-state index is 10.4. The van der Waals surface area contributed by atoms with Gasteiger partial charge >= 0.3 is 0 Å². The van der Waals surface area contributed by atoms with E-state index in [0.717, 1.165) is 32.1 Å². The predicted octanol–water partition coefficient (Wildman–Crippen LogP) is 6.47. The van der Waals surface area contributed by atoms with E-state index in [2.05, 4.69) is 19.9 Å². The molecule has 36 heavy (non-hydrogen) atoms. The van der Waals surface area contributed by atoms with Gasteiger partial charge in [0.1, 0.15) is 0 Å². The summed E-state index contributed by atoms with van der Waals surface area (Å²) in [4.78, 5) is 0. The Morgan fingerprint density at radius 3 is 2.17 bits per heavy atom. The first-order chi connectivity index (χ1) is 17.1. The van der Waals surface area contributed by atoms with Crippen LogP contribution in [0.3, 0.4) is 0 Å². The van der Waals surface area contributed by atoms with E-state index in [1.165, 1.54) is 25.7 Å². The summed E-state index contributed by atoms with van der Waals surface area (Å²) in [5.74, 6) is 2.56. The lowest BCUT2D eigenvalue weighted by molar-refractivity contribution is -0.252. The van der Waals surface area contributed by atoms with Crippen molar-refractivity contribution in [2.24, 2.45) is 34.5 Å². The molecule has 4 fully saturated rings. The summed E-state index contributed by atoms with van der Waals surface area (Å²) in [6.45, 7) is 14.8. The lowest BCUT2D eigenvalue weighted by atomic mass is 9.43. The van der Waals surface area contributed by atoms with E-state index in [4.69, 9.17) is 23.7 Å². The first kappa shape index (κ1) is 28.3. The van der Waals surface area contributed by atoms with E-state index in [-0.39, 0.29) is 23.6 Å². The Kier molecular flexibility index (Phi) is 8.50. The summed E-state index contributed by atoms with van der Waals surface area (Å²) in [7, 11) is 1.79. The lowest BCUT2D eigenvalue weighted by Crippen LogP contribution is -2.59. The minimum Gasteiger partial charge on any atom is -0.382 e. The molecule has 4 rings (SSSR count). The maximum atomic E-state index is 10.4. The normalized spacial score (nSPS) is 45.7. The van der Waals surface area contributed by atoms with Crippen molar-refractivity contribution < 1.29 is 23.7 Å². The van der Waals surface area contributed by atoms with Gasteiger partial charge in [0.05, 0.1) is 18.3 Å². The van der Waals surface area contributed by atoms with Crippen LogP contribution in [-0.4, -0.2) is 50.7 Å². The van der Waals surface area contributed by atoms with Crippen molar-refractivity contribution in [2.45, 2.75) is 123 Å². The van der Waals surface area contributed by atoms with Crippen molar-refractivity contribution in [2.75, 3.05) is 26.9 Å². The molecule has 0 spiro atoms. The second kappa shape index (κ2) is 10.8. The van der Waals surface area contributed by atoms with E-state index in [1.54, 1.807) is 7.11 Å². The van der Waals surface area contributed by atoms with E-state index in [0.29, 0.717) is 48.9 Å². The second-order valence-electron chi connectivity index (χ2n) is 12.7. The molecular weight excluding hydrogens is 454 g/mol. The Bertz CT molecular complexity index is 801. The highest BCUT2D eigenvalue weighted by Crippen LogP contribution is 2.69. The third kappa shape index (κ3) is 4.66. The zero-order valence-electron chi connectivity index (χ0n) is 23.9. The molecule has 3 unspecified atom stereocenters. The number of methoxy groups -OCH3 is 1. The van der Waals surface area contributed by atoms with Crippen LogP contribution in [0.25, 0.3) is 0 Å². The molecule has 0 aromatic rings. The molecule has 0 aliphatic heterocycles. The Morgan fingerprint density at radius 1 is 0.861 bits per heavy atom. The van der Waals surface area contributed by atoms with Gasteiger partial charge in [-0.2, -0.15) is 5.26 Å². The molecule has 4 saturated carbocycles. The molecule has 0 aromatic heterocycles. The monoisotopic (exact) mass is 505 g/mol. The predicted molar refractivity (Wildman–Crippen MR) is 139 cm³/mol. The molecule has 0 radical (unpaired) electrons. The van der Waals surface area contributed by atoms with Crippen LogP contribution in [-0.2, 0) is 23.7 Å². The highest BCUT2D eigenvalue weighted by molar-refractivity contribution is 5.22. The molecule has 0 amide bonds. The minimum atomic E-state index is -0.738. The summed E-state index contributed by atoms with van der Waals surface area (Å²) in [6, 6.07) is 2.68. The largest absolute Gasteiger partial charge is 0.382 e. The number of fused-ring (bicyclic) bond motifs is 5. The smallest absolute Gasteiger partial charge is 0.162 e. The summed E-state index contributed by atoms with van der Waals surface area (Å²) >= 11 is 0. The van der Waals surface area contributed by atoms with Crippen LogP contribution in [0.15, 0.2) is 0 Å². The van der Waals surface area contributed by atoms with Gasteiger partial charge in [-0.1, -0.05) is 13.8 Å². The summed E-state index contributed by atoms with van der Waals surface area (Å²) in [5.41, 5.74) is -0.784. The first-order valence-corrected chi connectivity index (χ1v) is 14.6. The number of rotatable bonds is 10. The zero-order valence-corrected chi connectivity index (χ0v) is 23.9. The maximum Gasteiger partial charge on any atom is 0.162 e. The number of nitrogens with zero attached hydrogens (tertiary/aromatic N) is 1. The number of hydrogen-bond donors (Lipinski definition) is 0. The fourth-order valence-corrected chi connectivity index (χ4v) is 9.42. The van der Waals surface area contributed by atoms with Gasteiger partial charge in [0.2, 0.25) is 0 Å². The Balaban J connectivity index is 1.53. The molecule has 0 bridgehead atoms. The number of nitriles is 1. The summed E-state index contributed by atoms with van der Waals surface area (Å²) in [5, 5.41) is 10.4. The number of hydrogen-bond acceptors (Lipinski definition) is 6. The summed E-state index contributed by atoms with van der Waals surface area (Å²) in [6.07, 6.45) is 9.34. The average Bonchev–Trinajstić information content (AvgIpc) is 3.12. The van der Waals surface area contributed by atoms with Crippen LogP contribution >= 0.6 is 0 Å². The second-order valence-corrected chi connectivity index (χ2v) is 12.7. The van der Waals surface area contributed by atoms with Gasteiger partial charge in [0, 0.05) is 25.7 Å². The van der Waals surface area contributed by atoms with Gasteiger partial charge in [-0.25, -0.2) is 0 Å². The topological polar surface area (TPSA) is 69.9 Å². The van der Waals surface area contributed by atoms with Crippen LogP contribution in [0, 0.1) is 45.8 Å². The molecule has 0 saturated heterocycles. The lowest BCUT2D eigenvalue weighted by Gasteiger charge is -2.63. The standard InChI is InChI=1S/C30H51NO5/c1-8-33-21(3)35-29(20-32-7)17-16-27(5)23(18-29)10-11-24-25(27)12-14-28(6)26(24)13-15-30(28,19-31)36-22(4)34-9-2/h21-26H,8-18,20H2,1-7H3/t21?,22?,23-,24-,25+,26+,27+,28+,29+,30?/m1/s1. The van der Waals surface area contributed by atoms with Crippen molar-refractivity contribution >= 4 is 0 Å². The highest BCUT2D eigenvalue weighted by atomic mass is 16.7. The van der Waals surface area contributed by atoms with Crippen LogP contribution in [0.4, 0.5) is 0 Å². The van der Waals surface area contributed by atoms with E-state index >= 15 is 0 Å². The molecule has 4 aliphatic rings. The Labute approximate surface area is 219 Å². The third-order valence-electron chi connectivity index (χ3n) is 11.1. The van der Waals surface area contributed by atoms with Crippen molar-refractivity contribution in [3.63, 3.8) is 0 Å². The Morgan fingerprint density at radius 2 is 1.53 bits per heavy atom. The van der Waals surface area contributed by atoms with Crippen molar-refractivity contribution in [3.05, 3.63) is 0 Å². The van der Waals surface area contributed by atoms with E-state index < -0.39 is 5.60 Å². The molecule has 0 N–H and O–H groups in total. The van der Waals surface area contributed by atoms with Crippen molar-refractivity contribution in [1.82, 2.24) is 0 Å². The molecule has 6 nitrogen and oxygen atoms in total. The third-order valence-corrected chi connectivity index (χ3v) is 11.1. The molecule has 10 atom stereocenters. The van der Waals surface area contributed by atoms with E-state index in [9.17, 15) is 5.26 Å². The van der Waals surface area contributed by atoms with Gasteiger partial charge in [-0.3, -0.25) is 0 Å². The van der Waals surface area contributed by atoms with Gasteiger partial charge in [0.15, 0.2) is 18.2 Å². The first-order valence-electron chi connectivity index (χ1n) is 14.6. The number of ether oxygens (including phenoxy) is 5. The molecule has 206 valence electrons. The van der Waals surface area contributed by atoms with Gasteiger partial charge < -0.3 is 23.7 Å². The van der Waals surface area contributed by atoms with Crippen LogP contribution in [0.5, 0.6) is 0 Å². The molecule has 4 aliphatic carbocycles. The molecule has 0 heterocycles. The highest BCUT2D eigenvalue weighted by Gasteiger charge is 2.67. The van der Waals surface area contributed by atoms with Crippen LogP contribution < -0.4 is 0 Å². The fraction of sp³-hybridized carbons (Fsp3) is 0.967. The van der Waals surface area contributed by atoms with Crippen molar-refractivity contribution in [3.8, 4) is 6.07 Å². The Hall–Kier alpha value is -0.710. The molecule has 6 heteroatoms. The van der Waals surface area contributed by atoms with Gasteiger partial charge in [0.25, 0.3) is 0 Å². The SMILES string of the molecule is CCOC(C)OC1(C#N)CC[C@H]2[C@@H]3CC[C@@H]4C[C@@](COC)(OC(C)OCC)CC[C@]4(C)[C@H]3CC[C@@]21C. The average molecular weight is 506 g/mol. The zero-order chi connectivity index (χ0) is 26.2. The summed E-state index contributed by atoms with van der Waals surface area (Å²) < 4.78 is 30.2. The van der Waals surface area contributed by atoms with Crippen LogP contribution in [0.2, 0.25) is 0 Å². The quantitative estimate of drug-likeness (QED) is 0.317. The fourth-order valence-electron chi connectivity index (χ4n) is 9.42. The van der Waals surface area contributed by atoms with Crippen molar-refractivity contribution in [1.29, 1.82) is 5.26 Å². The van der Waals surface area contributed by atoms with Gasteiger partial charge in [-0.15, -0.1) is 0 Å². The van der Waals surface area contributed by atoms with Gasteiger partial charge in [-0.05, 0) is 115 Å². The van der Waals surface area contributed by atoms with E-state index in [1.807, 2.05) is 27.7 Å². The molecular formula is C30H51NO5. The molecule has 0 aromatic carbocycles.